The van der Waals surface area contributed by atoms with Crippen molar-refractivity contribution in [3.63, 3.8) is 0 Å². The van der Waals surface area contributed by atoms with Gasteiger partial charge in [-0.2, -0.15) is 0 Å². The summed E-state index contributed by atoms with van der Waals surface area (Å²) in [6, 6.07) is 3.07. The maximum Gasteiger partial charge on any atom is 0.573 e. The van der Waals surface area contributed by atoms with Crippen molar-refractivity contribution in [2.75, 3.05) is 0 Å². The second-order valence-electron chi connectivity index (χ2n) is 3.97. The van der Waals surface area contributed by atoms with Crippen LogP contribution < -0.4 is 4.74 Å². The number of halogens is 7. The predicted molar refractivity (Wildman–Crippen MR) is 58.4 cm³/mol. The molecule has 1 nitrogen and oxygen atoms in total. The third kappa shape index (κ3) is 3.65. The molecule has 0 aliphatic heterocycles. The molecule has 0 fully saturated rings. The maximum atomic E-state index is 13.5. The normalized spacial score (nSPS) is 11.6. The Bertz CT molecular complexity index is 635. The van der Waals surface area contributed by atoms with Crippen molar-refractivity contribution >= 4 is 0 Å². The predicted octanol–water partition coefficient (Wildman–Crippen LogP) is 4.81. The monoisotopic (exact) mass is 310 g/mol. The van der Waals surface area contributed by atoms with Gasteiger partial charge in [0.05, 0.1) is 0 Å². The van der Waals surface area contributed by atoms with E-state index < -0.39 is 35.4 Å². The van der Waals surface area contributed by atoms with Crippen LogP contribution in [0.3, 0.4) is 0 Å². The first kappa shape index (κ1) is 15.1. The van der Waals surface area contributed by atoms with Crippen molar-refractivity contribution in [1.82, 2.24) is 0 Å². The molecule has 0 unspecified atom stereocenters. The van der Waals surface area contributed by atoms with Gasteiger partial charge in [0.1, 0.15) is 11.6 Å². The zero-order valence-corrected chi connectivity index (χ0v) is 9.94. The molecule has 0 aliphatic carbocycles. The van der Waals surface area contributed by atoms with E-state index in [1.54, 1.807) is 0 Å². The standard InChI is InChI=1S/C13H5F7O/c14-8-1-6(2-9(15)5-8)7-3-10(16)12(11(17)4-7)21-13(18,19)20/h1-5H. The summed E-state index contributed by atoms with van der Waals surface area (Å²) < 4.78 is 92.1. The van der Waals surface area contributed by atoms with E-state index >= 15 is 0 Å². The number of ether oxygens (including phenoxy) is 1. The van der Waals surface area contributed by atoms with Crippen LogP contribution in [0.15, 0.2) is 30.3 Å². The van der Waals surface area contributed by atoms with Gasteiger partial charge in [-0.25, -0.2) is 17.6 Å². The summed E-state index contributed by atoms with van der Waals surface area (Å²) in [5.41, 5.74) is -0.568. The molecule has 112 valence electrons. The van der Waals surface area contributed by atoms with E-state index in [4.69, 9.17) is 0 Å². The minimum Gasteiger partial charge on any atom is -0.399 e. The molecule has 2 aromatic rings. The molecular weight excluding hydrogens is 305 g/mol. The molecule has 0 saturated carbocycles. The zero-order valence-electron chi connectivity index (χ0n) is 9.94. The van der Waals surface area contributed by atoms with Crippen LogP contribution in [0.4, 0.5) is 30.7 Å². The highest BCUT2D eigenvalue weighted by atomic mass is 19.4. The molecule has 21 heavy (non-hydrogen) atoms. The Morgan fingerprint density at radius 1 is 0.667 bits per heavy atom. The lowest BCUT2D eigenvalue weighted by Crippen LogP contribution is -2.19. The molecule has 0 N–H and O–H groups in total. The van der Waals surface area contributed by atoms with E-state index in [9.17, 15) is 30.7 Å². The lowest BCUT2D eigenvalue weighted by atomic mass is 10.0. The first-order chi connectivity index (χ1) is 9.65. The third-order valence-electron chi connectivity index (χ3n) is 2.41. The van der Waals surface area contributed by atoms with Gasteiger partial charge in [-0.3, -0.25) is 0 Å². The summed E-state index contributed by atoms with van der Waals surface area (Å²) in [6.07, 6.45) is -5.27. The Labute approximate surface area is 113 Å². The molecule has 0 atom stereocenters. The quantitative estimate of drug-likeness (QED) is 0.723. The molecule has 0 aromatic heterocycles. The molecule has 0 heterocycles. The average Bonchev–Trinajstić information content (AvgIpc) is 2.31. The van der Waals surface area contributed by atoms with Crippen LogP contribution in [-0.4, -0.2) is 6.36 Å². The van der Waals surface area contributed by atoms with Crippen LogP contribution in [0.5, 0.6) is 5.75 Å². The van der Waals surface area contributed by atoms with Gasteiger partial charge in [0.15, 0.2) is 11.6 Å². The Morgan fingerprint density at radius 2 is 1.10 bits per heavy atom. The minimum atomic E-state index is -5.27. The van der Waals surface area contributed by atoms with Gasteiger partial charge in [0.25, 0.3) is 0 Å². The Morgan fingerprint density at radius 3 is 1.52 bits per heavy atom. The summed E-state index contributed by atoms with van der Waals surface area (Å²) >= 11 is 0. The molecule has 0 saturated heterocycles. The fraction of sp³-hybridized carbons (Fsp3) is 0.0769. The fourth-order valence-electron chi connectivity index (χ4n) is 1.66. The van der Waals surface area contributed by atoms with Gasteiger partial charge >= 0.3 is 6.36 Å². The maximum absolute atomic E-state index is 13.5. The molecular formula is C13H5F7O. The van der Waals surface area contributed by atoms with Crippen LogP contribution >= 0.6 is 0 Å². The van der Waals surface area contributed by atoms with Gasteiger partial charge < -0.3 is 4.74 Å². The van der Waals surface area contributed by atoms with Gasteiger partial charge in [0.2, 0.25) is 5.75 Å². The van der Waals surface area contributed by atoms with Crippen molar-refractivity contribution in [1.29, 1.82) is 0 Å². The molecule has 8 heteroatoms. The SMILES string of the molecule is Fc1cc(F)cc(-c2cc(F)c(OC(F)(F)F)c(F)c2)c1. The van der Waals surface area contributed by atoms with Crippen LogP contribution in [-0.2, 0) is 0 Å². The highest BCUT2D eigenvalue weighted by Gasteiger charge is 2.34. The van der Waals surface area contributed by atoms with E-state index in [1.165, 1.54) is 0 Å². The minimum absolute atomic E-state index is 0.233. The Kier molecular flexibility index (Phi) is 3.80. The second kappa shape index (κ2) is 5.27. The number of hydrogen-bond donors (Lipinski definition) is 0. The van der Waals surface area contributed by atoms with E-state index in [2.05, 4.69) is 4.74 Å². The van der Waals surface area contributed by atoms with Crippen molar-refractivity contribution in [3.8, 4) is 16.9 Å². The molecule has 0 amide bonds. The van der Waals surface area contributed by atoms with Crippen molar-refractivity contribution in [2.45, 2.75) is 6.36 Å². The summed E-state index contributed by atoms with van der Waals surface area (Å²) in [4.78, 5) is 0. The van der Waals surface area contributed by atoms with Crippen LogP contribution in [0.2, 0.25) is 0 Å². The third-order valence-corrected chi connectivity index (χ3v) is 2.41. The highest BCUT2D eigenvalue weighted by molar-refractivity contribution is 5.64. The van der Waals surface area contributed by atoms with Crippen LogP contribution in [0, 0.1) is 23.3 Å². The molecule has 2 aromatic carbocycles. The summed E-state index contributed by atoms with van der Waals surface area (Å²) in [5, 5.41) is 0. The molecule has 0 radical (unpaired) electrons. The Hall–Kier alpha value is -2.25. The van der Waals surface area contributed by atoms with Crippen LogP contribution in [0.1, 0.15) is 0 Å². The van der Waals surface area contributed by atoms with Gasteiger partial charge in [-0.05, 0) is 35.4 Å². The summed E-state index contributed by atoms with van der Waals surface area (Å²) in [7, 11) is 0. The first-order valence-corrected chi connectivity index (χ1v) is 5.37. The zero-order chi connectivity index (χ0) is 15.8. The highest BCUT2D eigenvalue weighted by Crippen LogP contribution is 2.32. The topological polar surface area (TPSA) is 9.23 Å². The largest absolute Gasteiger partial charge is 0.573 e. The summed E-state index contributed by atoms with van der Waals surface area (Å²) in [5.74, 6) is -6.93. The van der Waals surface area contributed by atoms with E-state index in [0.717, 1.165) is 12.1 Å². The molecule has 0 aliphatic rings. The lowest BCUT2D eigenvalue weighted by molar-refractivity contribution is -0.276. The van der Waals surface area contributed by atoms with Crippen molar-refractivity contribution in [2.24, 2.45) is 0 Å². The number of rotatable bonds is 2. The van der Waals surface area contributed by atoms with Crippen molar-refractivity contribution in [3.05, 3.63) is 53.6 Å². The summed E-state index contributed by atoms with van der Waals surface area (Å²) in [6.45, 7) is 0. The van der Waals surface area contributed by atoms with Crippen molar-refractivity contribution < 1.29 is 35.5 Å². The van der Waals surface area contributed by atoms with E-state index in [0.29, 0.717) is 18.2 Å². The smallest absolute Gasteiger partial charge is 0.399 e. The Balaban J connectivity index is 2.49. The lowest BCUT2D eigenvalue weighted by Gasteiger charge is -2.12. The molecule has 0 bridgehead atoms. The van der Waals surface area contributed by atoms with Gasteiger partial charge in [0, 0.05) is 6.07 Å². The number of hydrogen-bond acceptors (Lipinski definition) is 1. The van der Waals surface area contributed by atoms with Crippen LogP contribution in [0.25, 0.3) is 11.1 Å². The fourth-order valence-corrected chi connectivity index (χ4v) is 1.66. The number of benzene rings is 2. The second-order valence-corrected chi connectivity index (χ2v) is 3.97. The van der Waals surface area contributed by atoms with E-state index in [-0.39, 0.29) is 11.1 Å². The van der Waals surface area contributed by atoms with E-state index in [1.807, 2.05) is 0 Å². The molecule has 0 spiro atoms. The first-order valence-electron chi connectivity index (χ1n) is 5.37. The number of alkyl halides is 3. The van der Waals surface area contributed by atoms with Gasteiger partial charge in [-0.1, -0.05) is 0 Å². The molecule has 2 rings (SSSR count). The van der Waals surface area contributed by atoms with Gasteiger partial charge in [-0.15, -0.1) is 13.2 Å². The average molecular weight is 310 g/mol.